The minimum Gasteiger partial charge on any atom is -0.444 e. The summed E-state index contributed by atoms with van der Waals surface area (Å²) < 4.78 is 5.22. The Morgan fingerprint density at radius 2 is 1.80 bits per heavy atom. The van der Waals surface area contributed by atoms with Crippen LogP contribution in [0.3, 0.4) is 0 Å². The van der Waals surface area contributed by atoms with Crippen LogP contribution in [0.1, 0.15) is 39.2 Å². The topological polar surface area (TPSA) is 79.5 Å². The lowest BCUT2D eigenvalue weighted by molar-refractivity contribution is -0.125. The van der Waals surface area contributed by atoms with E-state index in [0.29, 0.717) is 12.2 Å². The van der Waals surface area contributed by atoms with Crippen molar-refractivity contribution in [2.75, 3.05) is 25.0 Å². The van der Waals surface area contributed by atoms with Crippen molar-refractivity contribution in [3.63, 3.8) is 0 Å². The number of anilines is 1. The van der Waals surface area contributed by atoms with Crippen LogP contribution in [0.15, 0.2) is 24.3 Å². The summed E-state index contributed by atoms with van der Waals surface area (Å²) in [7, 11) is 0. The molecule has 1 heterocycles. The maximum atomic E-state index is 12.1. The molecule has 6 heteroatoms. The van der Waals surface area contributed by atoms with Gasteiger partial charge >= 0.3 is 6.09 Å². The molecule has 0 radical (unpaired) electrons. The molecule has 1 aliphatic rings. The van der Waals surface area contributed by atoms with Gasteiger partial charge in [0, 0.05) is 18.2 Å². The Kier molecular flexibility index (Phi) is 6.82. The molecule has 0 bridgehead atoms. The van der Waals surface area contributed by atoms with Gasteiger partial charge in [0.25, 0.3) is 0 Å². The molecule has 1 saturated heterocycles. The fraction of sp³-hybridized carbons (Fsp3) is 0.579. The predicted molar refractivity (Wildman–Crippen MR) is 98.6 cm³/mol. The summed E-state index contributed by atoms with van der Waals surface area (Å²) in [6, 6.07) is 7.58. The van der Waals surface area contributed by atoms with E-state index in [1.807, 2.05) is 45.0 Å². The van der Waals surface area contributed by atoms with Crippen molar-refractivity contribution in [1.29, 1.82) is 0 Å². The molecule has 3 N–H and O–H groups in total. The highest BCUT2D eigenvalue weighted by atomic mass is 16.6. The van der Waals surface area contributed by atoms with Gasteiger partial charge in [-0.1, -0.05) is 12.1 Å². The van der Waals surface area contributed by atoms with Gasteiger partial charge in [0.2, 0.25) is 5.91 Å². The highest BCUT2D eigenvalue weighted by Gasteiger charge is 2.20. The number of hydrogen-bond acceptors (Lipinski definition) is 4. The summed E-state index contributed by atoms with van der Waals surface area (Å²) in [6.45, 7) is 7.95. The van der Waals surface area contributed by atoms with Crippen LogP contribution < -0.4 is 16.0 Å². The van der Waals surface area contributed by atoms with E-state index in [1.165, 1.54) is 0 Å². The Labute approximate surface area is 149 Å². The predicted octanol–water partition coefficient (Wildman–Crippen LogP) is 2.69. The zero-order valence-electron chi connectivity index (χ0n) is 15.4. The molecule has 0 spiro atoms. The number of piperidine rings is 1. The third kappa shape index (κ3) is 7.13. The molecule has 1 fully saturated rings. The standard InChI is InChI=1S/C19H29N3O3/c1-19(2,3)25-18(24)22-16-6-4-14(5-7-16)8-13-21-17(23)15-9-11-20-12-10-15/h4-7,15,20H,8-13H2,1-3H3,(H,21,23)(H,22,24). The monoisotopic (exact) mass is 347 g/mol. The first-order chi connectivity index (χ1) is 11.8. The molecular formula is C19H29N3O3. The molecule has 138 valence electrons. The molecule has 0 aromatic heterocycles. The summed E-state index contributed by atoms with van der Waals surface area (Å²) in [5.74, 6) is 0.298. The molecule has 2 amide bonds. The van der Waals surface area contributed by atoms with Gasteiger partial charge in [-0.15, -0.1) is 0 Å². The summed E-state index contributed by atoms with van der Waals surface area (Å²) >= 11 is 0. The lowest BCUT2D eigenvalue weighted by Gasteiger charge is -2.21. The number of hydrogen-bond donors (Lipinski definition) is 3. The second kappa shape index (κ2) is 8.85. The van der Waals surface area contributed by atoms with Crippen molar-refractivity contribution in [2.45, 2.75) is 45.6 Å². The smallest absolute Gasteiger partial charge is 0.412 e. The minimum absolute atomic E-state index is 0.140. The van der Waals surface area contributed by atoms with E-state index in [0.717, 1.165) is 37.9 Å². The van der Waals surface area contributed by atoms with E-state index < -0.39 is 11.7 Å². The number of rotatable bonds is 5. The lowest BCUT2D eigenvalue weighted by atomic mass is 9.97. The second-order valence-electron chi connectivity index (χ2n) is 7.39. The van der Waals surface area contributed by atoms with Gasteiger partial charge in [-0.2, -0.15) is 0 Å². The number of carbonyl (C=O) groups is 2. The second-order valence-corrected chi connectivity index (χ2v) is 7.39. The Bertz CT molecular complexity index is 573. The van der Waals surface area contributed by atoms with Crippen LogP contribution >= 0.6 is 0 Å². The van der Waals surface area contributed by atoms with Crippen molar-refractivity contribution in [3.05, 3.63) is 29.8 Å². The Morgan fingerprint density at radius 1 is 1.16 bits per heavy atom. The van der Waals surface area contributed by atoms with Gasteiger partial charge in [0.05, 0.1) is 0 Å². The fourth-order valence-corrected chi connectivity index (χ4v) is 2.73. The van der Waals surface area contributed by atoms with E-state index in [4.69, 9.17) is 4.74 Å². The van der Waals surface area contributed by atoms with Crippen LogP contribution in [0.25, 0.3) is 0 Å². The first-order valence-corrected chi connectivity index (χ1v) is 8.91. The molecule has 0 aliphatic carbocycles. The van der Waals surface area contributed by atoms with Gasteiger partial charge in [0.15, 0.2) is 0 Å². The molecule has 25 heavy (non-hydrogen) atoms. The summed E-state index contributed by atoms with van der Waals surface area (Å²) in [4.78, 5) is 23.8. The number of nitrogens with one attached hydrogen (secondary N) is 3. The normalized spacial score (nSPS) is 15.5. The molecular weight excluding hydrogens is 318 g/mol. The van der Waals surface area contributed by atoms with E-state index in [-0.39, 0.29) is 11.8 Å². The Hall–Kier alpha value is -2.08. The van der Waals surface area contributed by atoms with Gasteiger partial charge in [-0.25, -0.2) is 4.79 Å². The quantitative estimate of drug-likeness (QED) is 0.765. The average Bonchev–Trinajstić information content (AvgIpc) is 2.55. The van der Waals surface area contributed by atoms with Crippen molar-refractivity contribution < 1.29 is 14.3 Å². The SMILES string of the molecule is CC(C)(C)OC(=O)Nc1ccc(CCNC(=O)C2CCNCC2)cc1. The molecule has 1 aromatic rings. The van der Waals surface area contributed by atoms with Crippen LogP contribution in [-0.4, -0.2) is 37.2 Å². The van der Waals surface area contributed by atoms with Crippen molar-refractivity contribution >= 4 is 17.7 Å². The zero-order valence-corrected chi connectivity index (χ0v) is 15.4. The van der Waals surface area contributed by atoms with Crippen molar-refractivity contribution in [1.82, 2.24) is 10.6 Å². The van der Waals surface area contributed by atoms with Crippen LogP contribution in [0.4, 0.5) is 10.5 Å². The van der Waals surface area contributed by atoms with E-state index in [2.05, 4.69) is 16.0 Å². The first-order valence-electron chi connectivity index (χ1n) is 8.91. The first kappa shape index (κ1) is 19.2. The van der Waals surface area contributed by atoms with Gasteiger partial charge < -0.3 is 15.4 Å². The van der Waals surface area contributed by atoms with E-state index in [9.17, 15) is 9.59 Å². The summed E-state index contributed by atoms with van der Waals surface area (Å²) in [6.07, 6.45) is 2.13. The summed E-state index contributed by atoms with van der Waals surface area (Å²) in [5.41, 5.74) is 1.29. The number of ether oxygens (including phenoxy) is 1. The average molecular weight is 347 g/mol. The van der Waals surface area contributed by atoms with Crippen LogP contribution in [0, 0.1) is 5.92 Å². The maximum absolute atomic E-state index is 12.1. The summed E-state index contributed by atoms with van der Waals surface area (Å²) in [5, 5.41) is 8.99. The maximum Gasteiger partial charge on any atom is 0.412 e. The van der Waals surface area contributed by atoms with Crippen LogP contribution in [0.5, 0.6) is 0 Å². The van der Waals surface area contributed by atoms with E-state index in [1.54, 1.807) is 0 Å². The highest BCUT2D eigenvalue weighted by molar-refractivity contribution is 5.84. The van der Waals surface area contributed by atoms with Gasteiger partial charge in [-0.3, -0.25) is 10.1 Å². The molecule has 0 unspecified atom stereocenters. The molecule has 1 aliphatic heterocycles. The Morgan fingerprint density at radius 3 is 2.40 bits per heavy atom. The van der Waals surface area contributed by atoms with Crippen molar-refractivity contribution in [3.8, 4) is 0 Å². The number of benzene rings is 1. The van der Waals surface area contributed by atoms with Gasteiger partial charge in [-0.05, 0) is 70.8 Å². The Balaban J connectivity index is 1.72. The van der Waals surface area contributed by atoms with E-state index >= 15 is 0 Å². The highest BCUT2D eigenvalue weighted by Crippen LogP contribution is 2.14. The molecule has 1 aromatic carbocycles. The largest absolute Gasteiger partial charge is 0.444 e. The molecule has 0 saturated carbocycles. The number of amides is 2. The van der Waals surface area contributed by atoms with Crippen LogP contribution in [-0.2, 0) is 16.0 Å². The third-order valence-corrected chi connectivity index (χ3v) is 4.02. The van der Waals surface area contributed by atoms with Gasteiger partial charge in [0.1, 0.15) is 5.60 Å². The van der Waals surface area contributed by atoms with Crippen molar-refractivity contribution in [2.24, 2.45) is 5.92 Å². The number of carbonyl (C=O) groups excluding carboxylic acids is 2. The lowest BCUT2D eigenvalue weighted by Crippen LogP contribution is -2.38. The molecule has 6 nitrogen and oxygen atoms in total. The zero-order chi connectivity index (χ0) is 18.3. The fourth-order valence-electron chi connectivity index (χ4n) is 2.73. The third-order valence-electron chi connectivity index (χ3n) is 4.02. The minimum atomic E-state index is -0.517. The molecule has 0 atom stereocenters. The van der Waals surface area contributed by atoms with Crippen LogP contribution in [0.2, 0.25) is 0 Å². The molecule has 2 rings (SSSR count).